The first-order chi connectivity index (χ1) is 9.21. The van der Waals surface area contributed by atoms with Crippen LogP contribution in [0.25, 0.3) is 0 Å². The first kappa shape index (κ1) is 13.7. The molecule has 1 aliphatic rings. The Morgan fingerprint density at radius 1 is 0.684 bits per heavy atom. The van der Waals surface area contributed by atoms with E-state index in [0.29, 0.717) is 0 Å². The summed E-state index contributed by atoms with van der Waals surface area (Å²) in [5, 5.41) is 1.56. The Hall–Kier alpha value is -0.280. The summed E-state index contributed by atoms with van der Waals surface area (Å²) in [6.45, 7) is 0. The molecule has 98 valence electrons. The molecule has 0 radical (unpaired) electrons. The van der Waals surface area contributed by atoms with Gasteiger partial charge in [0.05, 0.1) is 0 Å². The molecule has 2 aromatic rings. The zero-order valence-corrected chi connectivity index (χ0v) is 13.3. The van der Waals surface area contributed by atoms with E-state index in [1.165, 1.54) is 11.1 Å². The second-order valence-corrected chi connectivity index (χ2v) is 8.08. The second kappa shape index (κ2) is 5.61. The fourth-order valence-electron chi connectivity index (χ4n) is 2.25. The van der Waals surface area contributed by atoms with Crippen LogP contribution in [0.2, 0.25) is 10.0 Å². The van der Waals surface area contributed by atoms with E-state index in [0.717, 1.165) is 21.6 Å². The molecule has 0 spiro atoms. The van der Waals surface area contributed by atoms with E-state index < -0.39 is 0 Å². The van der Waals surface area contributed by atoms with Gasteiger partial charge >= 0.3 is 0 Å². The number of benzene rings is 2. The van der Waals surface area contributed by atoms with Gasteiger partial charge in [0.1, 0.15) is 4.08 Å². The Morgan fingerprint density at radius 3 is 1.42 bits per heavy atom. The van der Waals surface area contributed by atoms with Crippen molar-refractivity contribution in [1.29, 1.82) is 0 Å². The van der Waals surface area contributed by atoms with Crippen molar-refractivity contribution in [3.63, 3.8) is 0 Å². The van der Waals surface area contributed by atoms with Gasteiger partial charge in [-0.05, 0) is 35.4 Å². The van der Waals surface area contributed by atoms with Gasteiger partial charge in [0, 0.05) is 21.6 Å². The Kier molecular flexibility index (Phi) is 4.04. The summed E-state index contributed by atoms with van der Waals surface area (Å²) in [7, 11) is 0. The van der Waals surface area contributed by atoms with Crippen LogP contribution in [-0.2, 0) is 4.08 Å². The van der Waals surface area contributed by atoms with Crippen LogP contribution in [0.3, 0.4) is 0 Å². The summed E-state index contributed by atoms with van der Waals surface area (Å²) < 4.78 is -0.0187. The van der Waals surface area contributed by atoms with Gasteiger partial charge in [-0.25, -0.2) is 0 Å². The molecule has 1 fully saturated rings. The summed E-state index contributed by atoms with van der Waals surface area (Å²) >= 11 is 16.0. The molecule has 0 unspecified atom stereocenters. The van der Waals surface area contributed by atoms with Crippen LogP contribution < -0.4 is 0 Å². The molecule has 0 amide bonds. The lowest BCUT2D eigenvalue weighted by Crippen LogP contribution is -2.16. The van der Waals surface area contributed by atoms with E-state index in [2.05, 4.69) is 24.3 Å². The summed E-state index contributed by atoms with van der Waals surface area (Å²) in [4.78, 5) is 0. The summed E-state index contributed by atoms with van der Waals surface area (Å²) in [6, 6.07) is 16.4. The highest BCUT2D eigenvalue weighted by Gasteiger charge is 2.39. The molecule has 1 aliphatic heterocycles. The normalized spacial score (nSPS) is 17.6. The molecule has 1 saturated heterocycles. The fraction of sp³-hybridized carbons (Fsp3) is 0.200. The van der Waals surface area contributed by atoms with Crippen molar-refractivity contribution in [3.05, 3.63) is 69.7 Å². The molecular weight excluding hydrogens is 315 g/mol. The van der Waals surface area contributed by atoms with Gasteiger partial charge in [-0.3, -0.25) is 0 Å². The molecular formula is C15H12Cl2S2. The van der Waals surface area contributed by atoms with Gasteiger partial charge in [0.25, 0.3) is 0 Å². The Balaban J connectivity index is 2.08. The summed E-state index contributed by atoms with van der Waals surface area (Å²) in [5.74, 6) is 2.33. The van der Waals surface area contributed by atoms with Crippen molar-refractivity contribution in [2.24, 2.45) is 0 Å². The predicted molar refractivity (Wildman–Crippen MR) is 88.6 cm³/mol. The van der Waals surface area contributed by atoms with Gasteiger partial charge in [0.15, 0.2) is 0 Å². The number of thioether (sulfide) groups is 2. The third-order valence-electron chi connectivity index (χ3n) is 3.14. The van der Waals surface area contributed by atoms with Crippen molar-refractivity contribution in [2.75, 3.05) is 11.5 Å². The third kappa shape index (κ3) is 2.64. The molecule has 0 aromatic heterocycles. The Labute approximate surface area is 131 Å². The molecule has 3 rings (SSSR count). The molecule has 1 heterocycles. The zero-order valence-electron chi connectivity index (χ0n) is 10.1. The standard InChI is InChI=1S/C15H12Cl2S2/c16-13-5-1-11(2-6-13)15(18-9-10-19-15)12-3-7-14(17)8-4-12/h1-8H,9-10H2. The van der Waals surface area contributed by atoms with E-state index in [1.807, 2.05) is 47.8 Å². The van der Waals surface area contributed by atoms with Gasteiger partial charge in [-0.15, -0.1) is 23.5 Å². The summed E-state index contributed by atoms with van der Waals surface area (Å²) in [5.41, 5.74) is 2.60. The smallest absolute Gasteiger partial charge is 0.111 e. The highest BCUT2D eigenvalue weighted by molar-refractivity contribution is 8.20. The minimum atomic E-state index is -0.0187. The molecule has 4 heteroatoms. The summed E-state index contributed by atoms with van der Waals surface area (Å²) in [6.07, 6.45) is 0. The molecule has 19 heavy (non-hydrogen) atoms. The van der Waals surface area contributed by atoms with Crippen molar-refractivity contribution in [2.45, 2.75) is 4.08 Å². The second-order valence-electron chi connectivity index (χ2n) is 4.33. The number of hydrogen-bond donors (Lipinski definition) is 0. The van der Waals surface area contributed by atoms with Gasteiger partial charge in [-0.2, -0.15) is 0 Å². The molecule has 0 nitrogen and oxygen atoms in total. The molecule has 0 atom stereocenters. The van der Waals surface area contributed by atoms with Crippen molar-refractivity contribution in [1.82, 2.24) is 0 Å². The third-order valence-corrected chi connectivity index (χ3v) is 7.18. The van der Waals surface area contributed by atoms with E-state index >= 15 is 0 Å². The minimum Gasteiger partial charge on any atom is -0.134 e. The van der Waals surface area contributed by atoms with Gasteiger partial charge in [-0.1, -0.05) is 47.5 Å². The average Bonchev–Trinajstić information content (AvgIpc) is 2.91. The topological polar surface area (TPSA) is 0 Å². The molecule has 0 saturated carbocycles. The van der Waals surface area contributed by atoms with Crippen LogP contribution in [0.5, 0.6) is 0 Å². The Morgan fingerprint density at radius 2 is 1.05 bits per heavy atom. The van der Waals surface area contributed by atoms with Crippen LogP contribution in [0.15, 0.2) is 48.5 Å². The molecule has 2 aromatic carbocycles. The molecule has 0 bridgehead atoms. The highest BCUT2D eigenvalue weighted by Crippen LogP contribution is 2.56. The lowest BCUT2D eigenvalue weighted by molar-refractivity contribution is 1.08. The monoisotopic (exact) mass is 326 g/mol. The highest BCUT2D eigenvalue weighted by atomic mass is 35.5. The first-order valence-electron chi connectivity index (χ1n) is 6.01. The van der Waals surface area contributed by atoms with Crippen LogP contribution >= 0.6 is 46.7 Å². The maximum Gasteiger partial charge on any atom is 0.111 e. The SMILES string of the molecule is Clc1ccc(C2(c3ccc(Cl)cc3)SCCS2)cc1. The zero-order chi connectivity index (χ0) is 13.3. The largest absolute Gasteiger partial charge is 0.134 e. The van der Waals surface area contributed by atoms with Crippen LogP contribution in [0.4, 0.5) is 0 Å². The predicted octanol–water partition coefficient (Wildman–Crippen LogP) is 5.67. The van der Waals surface area contributed by atoms with Crippen LogP contribution in [0.1, 0.15) is 11.1 Å². The lowest BCUT2D eigenvalue weighted by Gasteiger charge is -2.28. The molecule has 0 aliphatic carbocycles. The van der Waals surface area contributed by atoms with E-state index in [4.69, 9.17) is 23.2 Å². The average molecular weight is 327 g/mol. The maximum atomic E-state index is 6.00. The van der Waals surface area contributed by atoms with Crippen LogP contribution in [-0.4, -0.2) is 11.5 Å². The maximum absolute atomic E-state index is 6.00. The van der Waals surface area contributed by atoms with E-state index in [-0.39, 0.29) is 4.08 Å². The lowest BCUT2D eigenvalue weighted by atomic mass is 10.0. The first-order valence-corrected chi connectivity index (χ1v) is 8.73. The van der Waals surface area contributed by atoms with Crippen molar-refractivity contribution >= 4 is 46.7 Å². The van der Waals surface area contributed by atoms with Crippen LogP contribution in [0, 0.1) is 0 Å². The van der Waals surface area contributed by atoms with Gasteiger partial charge in [0.2, 0.25) is 0 Å². The van der Waals surface area contributed by atoms with E-state index in [9.17, 15) is 0 Å². The number of rotatable bonds is 2. The van der Waals surface area contributed by atoms with E-state index in [1.54, 1.807) is 0 Å². The quantitative estimate of drug-likeness (QED) is 0.696. The Bertz CT molecular complexity index is 510. The van der Waals surface area contributed by atoms with Gasteiger partial charge < -0.3 is 0 Å². The minimum absolute atomic E-state index is 0.0187. The molecule has 0 N–H and O–H groups in total. The number of hydrogen-bond acceptors (Lipinski definition) is 2. The fourth-order valence-corrected chi connectivity index (χ4v) is 5.79. The van der Waals surface area contributed by atoms with Crippen molar-refractivity contribution < 1.29 is 0 Å². The number of halogens is 2. The van der Waals surface area contributed by atoms with Crippen molar-refractivity contribution in [3.8, 4) is 0 Å².